The molecule has 1 aromatic carbocycles. The molecule has 18 heavy (non-hydrogen) atoms. The summed E-state index contributed by atoms with van der Waals surface area (Å²) in [5.74, 6) is 0.852. The van der Waals surface area contributed by atoms with Crippen LogP contribution in [0.3, 0.4) is 0 Å². The summed E-state index contributed by atoms with van der Waals surface area (Å²) in [5.41, 5.74) is 2.01. The van der Waals surface area contributed by atoms with Crippen LogP contribution >= 0.6 is 0 Å². The minimum Gasteiger partial charge on any atom is -0.366 e. The van der Waals surface area contributed by atoms with E-state index in [0.29, 0.717) is 0 Å². The first kappa shape index (κ1) is 10.7. The third-order valence-corrected chi connectivity index (χ3v) is 2.78. The molecule has 0 spiro atoms. The lowest BCUT2D eigenvalue weighted by Crippen LogP contribution is -2.01. The van der Waals surface area contributed by atoms with E-state index >= 15 is 0 Å². The van der Waals surface area contributed by atoms with Gasteiger partial charge in [0.25, 0.3) is 0 Å². The van der Waals surface area contributed by atoms with Crippen molar-refractivity contribution < 1.29 is 0 Å². The average molecular weight is 235 g/mol. The molecule has 0 saturated heterocycles. The van der Waals surface area contributed by atoms with Crippen LogP contribution in [0.25, 0.3) is 11.0 Å². The zero-order valence-electron chi connectivity index (χ0n) is 9.88. The zero-order valence-corrected chi connectivity index (χ0v) is 9.88. The molecular weight excluding hydrogens is 222 g/mol. The van der Waals surface area contributed by atoms with Gasteiger partial charge in [0.15, 0.2) is 5.65 Å². The van der Waals surface area contributed by atoms with Crippen molar-refractivity contribution in [2.45, 2.75) is 6.54 Å². The summed E-state index contributed by atoms with van der Waals surface area (Å²) in [4.78, 5) is 8.71. The van der Waals surface area contributed by atoms with Gasteiger partial charge in [0.2, 0.25) is 0 Å². The topological polar surface area (TPSA) is 37.8 Å². The fourth-order valence-electron chi connectivity index (χ4n) is 1.84. The number of nitrogens with zero attached hydrogens (tertiary/aromatic N) is 2. The van der Waals surface area contributed by atoms with Crippen molar-refractivity contribution in [2.75, 3.05) is 5.32 Å². The minimum atomic E-state index is 0.770. The smallest absolute Gasteiger partial charge is 0.161 e. The highest BCUT2D eigenvalue weighted by molar-refractivity contribution is 5.76. The van der Waals surface area contributed by atoms with Crippen molar-refractivity contribution in [1.29, 1.82) is 0 Å². The fraction of sp³-hybridized carbons (Fsp3) is 0.0667. The molecule has 3 nitrogen and oxygen atoms in total. The summed E-state index contributed by atoms with van der Waals surface area (Å²) < 4.78 is 0. The predicted molar refractivity (Wildman–Crippen MR) is 73.3 cm³/mol. The van der Waals surface area contributed by atoms with Crippen molar-refractivity contribution in [3.63, 3.8) is 0 Å². The summed E-state index contributed by atoms with van der Waals surface area (Å²) in [5, 5.41) is 4.36. The molecule has 0 unspecified atom stereocenters. The van der Waals surface area contributed by atoms with Crippen molar-refractivity contribution in [3.8, 4) is 0 Å². The van der Waals surface area contributed by atoms with E-state index < -0.39 is 0 Å². The third kappa shape index (κ3) is 2.30. The van der Waals surface area contributed by atoms with Gasteiger partial charge in [0.1, 0.15) is 5.82 Å². The van der Waals surface area contributed by atoms with Crippen LogP contribution in [-0.2, 0) is 6.54 Å². The Morgan fingerprint density at radius 1 is 0.889 bits per heavy atom. The van der Waals surface area contributed by atoms with Crippen LogP contribution in [0.15, 0.2) is 60.8 Å². The van der Waals surface area contributed by atoms with Crippen LogP contribution < -0.4 is 5.32 Å². The Labute approximate surface area is 106 Å². The van der Waals surface area contributed by atoms with Crippen molar-refractivity contribution in [1.82, 2.24) is 9.97 Å². The first-order valence-electron chi connectivity index (χ1n) is 5.91. The van der Waals surface area contributed by atoms with Gasteiger partial charge in [-0.2, -0.15) is 0 Å². The molecule has 0 saturated carbocycles. The Bertz CT molecular complexity index is 650. The number of hydrogen-bond donors (Lipinski definition) is 1. The van der Waals surface area contributed by atoms with Crippen molar-refractivity contribution in [2.24, 2.45) is 0 Å². The molecule has 0 aliphatic carbocycles. The van der Waals surface area contributed by atoms with Gasteiger partial charge in [-0.25, -0.2) is 9.97 Å². The predicted octanol–water partition coefficient (Wildman–Crippen LogP) is 3.24. The second kappa shape index (κ2) is 4.84. The maximum absolute atomic E-state index is 4.47. The standard InChI is InChI=1S/C15H13N3/c1-2-5-12(6-3-1)11-17-14-9-8-13-7-4-10-16-15(13)18-14/h1-10H,11H2,(H,16,17,18). The molecule has 2 aromatic heterocycles. The van der Waals surface area contributed by atoms with Gasteiger partial charge in [-0.3, -0.25) is 0 Å². The number of aromatic nitrogens is 2. The number of hydrogen-bond acceptors (Lipinski definition) is 3. The van der Waals surface area contributed by atoms with Crippen molar-refractivity contribution >= 4 is 16.9 Å². The molecule has 3 heteroatoms. The molecule has 1 N–H and O–H groups in total. The summed E-state index contributed by atoms with van der Waals surface area (Å²) in [6.07, 6.45) is 1.76. The quantitative estimate of drug-likeness (QED) is 0.757. The molecule has 0 aliphatic rings. The monoisotopic (exact) mass is 235 g/mol. The minimum absolute atomic E-state index is 0.770. The molecule has 3 rings (SSSR count). The van der Waals surface area contributed by atoms with E-state index in [4.69, 9.17) is 0 Å². The molecule has 88 valence electrons. The van der Waals surface area contributed by atoms with E-state index in [2.05, 4.69) is 27.4 Å². The lowest BCUT2D eigenvalue weighted by molar-refractivity contribution is 1.11. The van der Waals surface area contributed by atoms with Crippen LogP contribution in [0.4, 0.5) is 5.82 Å². The maximum atomic E-state index is 4.47. The lowest BCUT2D eigenvalue weighted by atomic mass is 10.2. The Morgan fingerprint density at radius 3 is 2.67 bits per heavy atom. The number of rotatable bonds is 3. The van der Waals surface area contributed by atoms with Gasteiger partial charge >= 0.3 is 0 Å². The largest absolute Gasteiger partial charge is 0.366 e. The van der Waals surface area contributed by atoms with Gasteiger partial charge in [0, 0.05) is 18.1 Å². The maximum Gasteiger partial charge on any atom is 0.161 e. The van der Waals surface area contributed by atoms with Crippen molar-refractivity contribution in [3.05, 3.63) is 66.4 Å². The fourth-order valence-corrected chi connectivity index (χ4v) is 1.84. The lowest BCUT2D eigenvalue weighted by Gasteiger charge is -2.06. The average Bonchev–Trinajstić information content (AvgIpc) is 2.46. The number of benzene rings is 1. The van der Waals surface area contributed by atoms with Crippen LogP contribution in [-0.4, -0.2) is 9.97 Å². The Morgan fingerprint density at radius 2 is 1.78 bits per heavy atom. The van der Waals surface area contributed by atoms with Crippen LogP contribution in [0.2, 0.25) is 0 Å². The van der Waals surface area contributed by atoms with Gasteiger partial charge in [-0.15, -0.1) is 0 Å². The summed E-state index contributed by atoms with van der Waals surface area (Å²) >= 11 is 0. The van der Waals surface area contributed by atoms with E-state index in [9.17, 15) is 0 Å². The molecule has 0 radical (unpaired) electrons. The highest BCUT2D eigenvalue weighted by Gasteiger charge is 1.98. The van der Waals surface area contributed by atoms with E-state index in [1.54, 1.807) is 6.20 Å². The van der Waals surface area contributed by atoms with Crippen LogP contribution in [0.1, 0.15) is 5.56 Å². The molecule has 0 atom stereocenters. The van der Waals surface area contributed by atoms with E-state index in [1.807, 2.05) is 42.5 Å². The molecule has 0 bridgehead atoms. The molecule has 0 aliphatic heterocycles. The Kier molecular flexibility index (Phi) is 2.88. The number of nitrogens with one attached hydrogen (secondary N) is 1. The molecule has 3 aromatic rings. The summed E-state index contributed by atoms with van der Waals surface area (Å²) in [7, 11) is 0. The third-order valence-electron chi connectivity index (χ3n) is 2.78. The van der Waals surface area contributed by atoms with Gasteiger partial charge in [0.05, 0.1) is 0 Å². The first-order valence-corrected chi connectivity index (χ1v) is 5.91. The first-order chi connectivity index (χ1) is 8.92. The molecular formula is C15H13N3. The van der Waals surface area contributed by atoms with Gasteiger partial charge in [-0.1, -0.05) is 30.3 Å². The number of fused-ring (bicyclic) bond motifs is 1. The van der Waals surface area contributed by atoms with Crippen LogP contribution in [0, 0.1) is 0 Å². The highest BCUT2D eigenvalue weighted by atomic mass is 15.0. The van der Waals surface area contributed by atoms with E-state index in [-0.39, 0.29) is 0 Å². The molecule has 0 amide bonds. The second-order valence-electron chi connectivity index (χ2n) is 4.09. The Balaban J connectivity index is 1.79. The zero-order chi connectivity index (χ0) is 12.2. The van der Waals surface area contributed by atoms with Gasteiger partial charge in [-0.05, 0) is 29.8 Å². The molecule has 2 heterocycles. The van der Waals surface area contributed by atoms with E-state index in [0.717, 1.165) is 23.4 Å². The number of anilines is 1. The second-order valence-corrected chi connectivity index (χ2v) is 4.09. The van der Waals surface area contributed by atoms with E-state index in [1.165, 1.54) is 5.56 Å². The Hall–Kier alpha value is -2.42. The van der Waals surface area contributed by atoms with Gasteiger partial charge < -0.3 is 5.32 Å². The molecule has 0 fully saturated rings. The summed E-state index contributed by atoms with van der Waals surface area (Å²) in [6.45, 7) is 0.770. The van der Waals surface area contributed by atoms with Crippen LogP contribution in [0.5, 0.6) is 0 Å². The highest BCUT2D eigenvalue weighted by Crippen LogP contribution is 2.13. The summed E-state index contributed by atoms with van der Waals surface area (Å²) in [6, 6.07) is 18.2. The SMILES string of the molecule is c1ccc(CNc2ccc3cccnc3n2)cc1. The number of pyridine rings is 2. The normalized spacial score (nSPS) is 10.4.